The topological polar surface area (TPSA) is 71.1 Å². The maximum atomic E-state index is 12.7. The first-order valence-corrected chi connectivity index (χ1v) is 11.2. The van der Waals surface area contributed by atoms with Crippen molar-refractivity contribution in [3.05, 3.63) is 70.2 Å². The van der Waals surface area contributed by atoms with Gasteiger partial charge in [-0.05, 0) is 31.0 Å². The van der Waals surface area contributed by atoms with Gasteiger partial charge >= 0.3 is 0 Å². The summed E-state index contributed by atoms with van der Waals surface area (Å²) in [5.41, 5.74) is 2.51. The van der Waals surface area contributed by atoms with Gasteiger partial charge in [-0.25, -0.2) is 4.98 Å². The van der Waals surface area contributed by atoms with Gasteiger partial charge in [0.25, 0.3) is 5.91 Å². The number of nitrogens with zero attached hydrogens (tertiary/aromatic N) is 1. The van der Waals surface area contributed by atoms with E-state index in [1.807, 2.05) is 29.6 Å². The van der Waals surface area contributed by atoms with E-state index in [1.54, 1.807) is 24.3 Å². The summed E-state index contributed by atoms with van der Waals surface area (Å²) in [5, 5.41) is 9.20. The van der Waals surface area contributed by atoms with Crippen LogP contribution >= 0.6 is 22.9 Å². The predicted molar refractivity (Wildman–Crippen MR) is 121 cm³/mol. The molecule has 0 bridgehead atoms. The molecule has 0 atom stereocenters. The highest BCUT2D eigenvalue weighted by molar-refractivity contribution is 7.13. The molecule has 1 aliphatic rings. The number of benzene rings is 2. The standard InChI is InChI=1S/C23H22ClN3O2S/c24-19-11-5-3-9-17(19)23-26-16(14-30-23)13-21(28)27-20-12-6-4-10-18(20)22(29)25-15-7-1-2-8-15/h3-6,9-12,14-15H,1-2,7-8,13H2,(H,25,29)(H,27,28). The van der Waals surface area contributed by atoms with E-state index in [-0.39, 0.29) is 24.3 Å². The molecule has 30 heavy (non-hydrogen) atoms. The fraction of sp³-hybridized carbons (Fsp3) is 0.261. The van der Waals surface area contributed by atoms with Crippen molar-refractivity contribution in [2.45, 2.75) is 38.1 Å². The summed E-state index contributed by atoms with van der Waals surface area (Å²) in [5.74, 6) is -0.361. The average molecular weight is 440 g/mol. The minimum absolute atomic E-state index is 0.125. The van der Waals surface area contributed by atoms with Gasteiger partial charge in [-0.2, -0.15) is 0 Å². The van der Waals surface area contributed by atoms with Crippen LogP contribution in [0.4, 0.5) is 5.69 Å². The normalized spacial score (nSPS) is 13.9. The number of halogens is 1. The largest absolute Gasteiger partial charge is 0.349 e. The van der Waals surface area contributed by atoms with Crippen molar-refractivity contribution in [2.24, 2.45) is 0 Å². The Morgan fingerprint density at radius 3 is 2.60 bits per heavy atom. The van der Waals surface area contributed by atoms with E-state index in [0.717, 1.165) is 36.3 Å². The predicted octanol–water partition coefficient (Wildman–Crippen LogP) is 5.32. The highest BCUT2D eigenvalue weighted by atomic mass is 35.5. The van der Waals surface area contributed by atoms with Gasteiger partial charge in [0.15, 0.2) is 0 Å². The molecule has 1 heterocycles. The number of rotatable bonds is 6. The molecule has 2 amide bonds. The summed E-state index contributed by atoms with van der Waals surface area (Å²) in [4.78, 5) is 29.8. The van der Waals surface area contributed by atoms with Crippen LogP contribution in [0.25, 0.3) is 10.6 Å². The Kier molecular flexibility index (Phi) is 6.45. The summed E-state index contributed by atoms with van der Waals surface area (Å²) in [7, 11) is 0. The van der Waals surface area contributed by atoms with Crippen LogP contribution < -0.4 is 10.6 Å². The summed E-state index contributed by atoms with van der Waals surface area (Å²) in [6.45, 7) is 0. The number of amides is 2. The van der Waals surface area contributed by atoms with Crippen molar-refractivity contribution in [2.75, 3.05) is 5.32 Å². The Morgan fingerprint density at radius 2 is 1.80 bits per heavy atom. The molecule has 5 nitrogen and oxygen atoms in total. The number of hydrogen-bond donors (Lipinski definition) is 2. The Labute approximate surface area is 184 Å². The lowest BCUT2D eigenvalue weighted by Gasteiger charge is -2.14. The second-order valence-corrected chi connectivity index (χ2v) is 8.61. The van der Waals surface area contributed by atoms with Crippen LogP contribution in [0.3, 0.4) is 0 Å². The number of anilines is 1. The summed E-state index contributed by atoms with van der Waals surface area (Å²) < 4.78 is 0. The quantitative estimate of drug-likeness (QED) is 0.546. The number of nitrogens with one attached hydrogen (secondary N) is 2. The zero-order valence-corrected chi connectivity index (χ0v) is 17.9. The fourth-order valence-corrected chi connectivity index (χ4v) is 4.77. The molecular formula is C23H22ClN3O2S. The SMILES string of the molecule is O=C(Cc1csc(-c2ccccc2Cl)n1)Nc1ccccc1C(=O)NC1CCCC1. The van der Waals surface area contributed by atoms with Crippen LogP contribution in [-0.4, -0.2) is 22.8 Å². The van der Waals surface area contributed by atoms with E-state index in [4.69, 9.17) is 11.6 Å². The van der Waals surface area contributed by atoms with E-state index in [0.29, 0.717) is 22.0 Å². The van der Waals surface area contributed by atoms with E-state index < -0.39 is 0 Å². The van der Waals surface area contributed by atoms with Gasteiger partial charge in [-0.15, -0.1) is 11.3 Å². The molecule has 1 fully saturated rings. The lowest BCUT2D eigenvalue weighted by atomic mass is 10.1. The molecule has 0 radical (unpaired) electrons. The number of para-hydroxylation sites is 1. The number of hydrogen-bond acceptors (Lipinski definition) is 4. The molecular weight excluding hydrogens is 418 g/mol. The molecule has 2 aromatic carbocycles. The highest BCUT2D eigenvalue weighted by Crippen LogP contribution is 2.30. The summed E-state index contributed by atoms with van der Waals surface area (Å²) in [6.07, 6.45) is 4.44. The number of thiazole rings is 1. The third-order valence-corrected chi connectivity index (χ3v) is 6.39. The van der Waals surface area contributed by atoms with Crippen molar-refractivity contribution in [1.29, 1.82) is 0 Å². The minimum atomic E-state index is -0.216. The zero-order chi connectivity index (χ0) is 20.9. The Hall–Kier alpha value is -2.70. The van der Waals surface area contributed by atoms with Crippen LogP contribution in [-0.2, 0) is 11.2 Å². The van der Waals surface area contributed by atoms with Crippen LogP contribution in [0.2, 0.25) is 5.02 Å². The lowest BCUT2D eigenvalue weighted by Crippen LogP contribution is -2.33. The Balaban J connectivity index is 1.42. The third kappa shape index (κ3) is 4.89. The Bertz CT molecular complexity index is 1060. The number of carbonyl (C=O) groups is 2. The second-order valence-electron chi connectivity index (χ2n) is 7.35. The van der Waals surface area contributed by atoms with Crippen molar-refractivity contribution < 1.29 is 9.59 Å². The van der Waals surface area contributed by atoms with E-state index in [2.05, 4.69) is 15.6 Å². The van der Waals surface area contributed by atoms with E-state index in [9.17, 15) is 9.59 Å². The van der Waals surface area contributed by atoms with Gasteiger partial charge in [0.2, 0.25) is 5.91 Å². The van der Waals surface area contributed by atoms with Gasteiger partial charge in [0.1, 0.15) is 5.01 Å². The summed E-state index contributed by atoms with van der Waals surface area (Å²) >= 11 is 7.69. The molecule has 0 unspecified atom stereocenters. The van der Waals surface area contributed by atoms with E-state index >= 15 is 0 Å². The van der Waals surface area contributed by atoms with Gasteiger partial charge in [0, 0.05) is 17.0 Å². The van der Waals surface area contributed by atoms with Gasteiger partial charge < -0.3 is 10.6 Å². The molecule has 1 saturated carbocycles. The first-order valence-electron chi connectivity index (χ1n) is 9.99. The molecule has 3 aromatic rings. The van der Waals surface area contributed by atoms with Crippen molar-refractivity contribution in [3.63, 3.8) is 0 Å². The van der Waals surface area contributed by atoms with Crippen LogP contribution in [0.15, 0.2) is 53.9 Å². The molecule has 0 saturated heterocycles. The third-order valence-electron chi connectivity index (χ3n) is 5.13. The second kappa shape index (κ2) is 9.41. The lowest BCUT2D eigenvalue weighted by molar-refractivity contribution is -0.115. The van der Waals surface area contributed by atoms with Gasteiger partial charge in [-0.1, -0.05) is 54.8 Å². The zero-order valence-electron chi connectivity index (χ0n) is 16.4. The fourth-order valence-electron chi connectivity index (χ4n) is 3.63. The maximum absolute atomic E-state index is 12.7. The first-order chi connectivity index (χ1) is 14.6. The maximum Gasteiger partial charge on any atom is 0.253 e. The molecule has 4 rings (SSSR count). The number of carbonyl (C=O) groups excluding carboxylic acids is 2. The van der Waals surface area contributed by atoms with Gasteiger partial charge in [-0.3, -0.25) is 9.59 Å². The van der Waals surface area contributed by atoms with Crippen molar-refractivity contribution in [1.82, 2.24) is 10.3 Å². The van der Waals surface area contributed by atoms with E-state index in [1.165, 1.54) is 11.3 Å². The molecule has 0 aliphatic heterocycles. The van der Waals surface area contributed by atoms with Crippen molar-refractivity contribution in [3.8, 4) is 10.6 Å². The van der Waals surface area contributed by atoms with Crippen LogP contribution in [0, 0.1) is 0 Å². The molecule has 1 aromatic heterocycles. The smallest absolute Gasteiger partial charge is 0.253 e. The molecule has 154 valence electrons. The molecule has 2 N–H and O–H groups in total. The molecule has 1 aliphatic carbocycles. The van der Waals surface area contributed by atoms with Crippen LogP contribution in [0.1, 0.15) is 41.7 Å². The van der Waals surface area contributed by atoms with Gasteiger partial charge in [0.05, 0.1) is 28.4 Å². The van der Waals surface area contributed by atoms with Crippen molar-refractivity contribution >= 4 is 40.4 Å². The van der Waals surface area contributed by atoms with Crippen LogP contribution in [0.5, 0.6) is 0 Å². The Morgan fingerprint density at radius 1 is 1.07 bits per heavy atom. The summed E-state index contributed by atoms with van der Waals surface area (Å²) in [6, 6.07) is 14.8. The molecule has 0 spiro atoms. The first kappa shape index (κ1) is 20.6. The average Bonchev–Trinajstić information content (AvgIpc) is 3.41. The minimum Gasteiger partial charge on any atom is -0.349 e. The highest BCUT2D eigenvalue weighted by Gasteiger charge is 2.20. The molecule has 7 heteroatoms. The number of aromatic nitrogens is 1. The monoisotopic (exact) mass is 439 g/mol.